The molecule has 96 valence electrons. The SMILES string of the molecule is [B]c1ccc2c(c1)c(C(=O)[C@@H]1CCCN1)cn2CC. The van der Waals surface area contributed by atoms with Crippen molar-refractivity contribution in [3.8, 4) is 0 Å². The Morgan fingerprint density at radius 3 is 3.05 bits per heavy atom. The van der Waals surface area contributed by atoms with E-state index in [0.29, 0.717) is 5.46 Å². The number of nitrogens with zero attached hydrogens (tertiary/aromatic N) is 1. The summed E-state index contributed by atoms with van der Waals surface area (Å²) < 4.78 is 2.11. The van der Waals surface area contributed by atoms with E-state index in [9.17, 15) is 4.79 Å². The summed E-state index contributed by atoms with van der Waals surface area (Å²) in [5.74, 6) is 0.195. The number of rotatable bonds is 3. The van der Waals surface area contributed by atoms with Crippen LogP contribution < -0.4 is 10.8 Å². The van der Waals surface area contributed by atoms with E-state index in [1.165, 1.54) is 0 Å². The first-order valence-electron chi connectivity index (χ1n) is 6.86. The standard InChI is InChI=1S/C15H17BN2O/c1-2-18-9-12(15(19)13-4-3-7-17-13)11-8-10(16)5-6-14(11)18/h5-6,8-9,13,17H,2-4,7H2,1H3/t13-/m0/s1. The molecule has 1 aliphatic heterocycles. The van der Waals surface area contributed by atoms with Crippen LogP contribution in [0.3, 0.4) is 0 Å². The van der Waals surface area contributed by atoms with Crippen LogP contribution >= 0.6 is 0 Å². The Kier molecular flexibility index (Phi) is 3.19. The molecule has 3 nitrogen and oxygen atoms in total. The van der Waals surface area contributed by atoms with E-state index in [-0.39, 0.29) is 11.8 Å². The first-order chi connectivity index (χ1) is 9.20. The topological polar surface area (TPSA) is 34.0 Å². The number of benzene rings is 1. The number of carbonyl (C=O) groups excluding carboxylic acids is 1. The first-order valence-corrected chi connectivity index (χ1v) is 6.86. The summed E-state index contributed by atoms with van der Waals surface area (Å²) in [5.41, 5.74) is 2.58. The van der Waals surface area contributed by atoms with Crippen LogP contribution in [0.15, 0.2) is 24.4 Å². The van der Waals surface area contributed by atoms with E-state index >= 15 is 0 Å². The van der Waals surface area contributed by atoms with Crippen LogP contribution in [0.5, 0.6) is 0 Å². The number of aryl methyl sites for hydroxylation is 1. The predicted octanol–water partition coefficient (Wildman–Crippen LogP) is 1.39. The molecule has 0 bridgehead atoms. The maximum atomic E-state index is 12.6. The summed E-state index contributed by atoms with van der Waals surface area (Å²) in [6.07, 6.45) is 3.97. The molecule has 2 heterocycles. The Balaban J connectivity index is 2.11. The van der Waals surface area contributed by atoms with E-state index in [1.807, 2.05) is 24.4 Å². The highest BCUT2D eigenvalue weighted by atomic mass is 16.1. The maximum absolute atomic E-state index is 12.6. The van der Waals surface area contributed by atoms with Crippen molar-refractivity contribution in [3.63, 3.8) is 0 Å². The van der Waals surface area contributed by atoms with Gasteiger partial charge in [-0.15, -0.1) is 0 Å². The molecular weight excluding hydrogens is 235 g/mol. The number of ketones is 1. The average Bonchev–Trinajstić information content (AvgIpc) is 3.05. The summed E-state index contributed by atoms with van der Waals surface area (Å²) >= 11 is 0. The molecule has 0 spiro atoms. The lowest BCUT2D eigenvalue weighted by atomic mass is 9.93. The quantitative estimate of drug-likeness (QED) is 0.661. The second-order valence-corrected chi connectivity index (χ2v) is 5.12. The monoisotopic (exact) mass is 252 g/mol. The van der Waals surface area contributed by atoms with Gasteiger partial charge in [0.2, 0.25) is 0 Å². The number of Topliss-reactive ketones (excluding diaryl/α,β-unsaturated/α-hetero) is 1. The molecule has 0 amide bonds. The van der Waals surface area contributed by atoms with Gasteiger partial charge in [0.15, 0.2) is 5.78 Å². The van der Waals surface area contributed by atoms with Crippen LogP contribution in [0, 0.1) is 0 Å². The maximum Gasteiger partial charge on any atom is 0.181 e. The van der Waals surface area contributed by atoms with Crippen molar-refractivity contribution in [2.75, 3.05) is 6.54 Å². The van der Waals surface area contributed by atoms with Crippen LogP contribution in [0.4, 0.5) is 0 Å². The summed E-state index contributed by atoms with van der Waals surface area (Å²) in [5, 5.41) is 4.24. The second-order valence-electron chi connectivity index (χ2n) is 5.12. The van der Waals surface area contributed by atoms with Crippen molar-refractivity contribution in [1.82, 2.24) is 9.88 Å². The average molecular weight is 252 g/mol. The summed E-state index contributed by atoms with van der Waals surface area (Å²) in [4.78, 5) is 12.6. The Morgan fingerprint density at radius 2 is 2.37 bits per heavy atom. The summed E-state index contributed by atoms with van der Waals surface area (Å²) in [6.45, 7) is 3.87. The zero-order valence-electron chi connectivity index (χ0n) is 11.1. The molecule has 2 radical (unpaired) electrons. The Morgan fingerprint density at radius 1 is 1.53 bits per heavy atom. The minimum absolute atomic E-state index is 0.0302. The van der Waals surface area contributed by atoms with Crippen molar-refractivity contribution in [3.05, 3.63) is 30.0 Å². The molecule has 0 saturated carbocycles. The lowest BCUT2D eigenvalue weighted by Crippen LogP contribution is -2.30. The highest BCUT2D eigenvalue weighted by Crippen LogP contribution is 2.23. The fourth-order valence-electron chi connectivity index (χ4n) is 2.87. The molecule has 0 unspecified atom stereocenters. The van der Waals surface area contributed by atoms with Gasteiger partial charge in [-0.3, -0.25) is 4.79 Å². The van der Waals surface area contributed by atoms with Crippen molar-refractivity contribution < 1.29 is 4.79 Å². The molecule has 1 aromatic carbocycles. The Labute approximate surface area is 114 Å². The Bertz CT molecular complexity index is 626. The molecular formula is C15H17BN2O. The fraction of sp³-hybridized carbons (Fsp3) is 0.400. The van der Waals surface area contributed by atoms with E-state index in [4.69, 9.17) is 7.85 Å². The molecule has 1 aliphatic rings. The number of aromatic nitrogens is 1. The van der Waals surface area contributed by atoms with Gasteiger partial charge in [-0.1, -0.05) is 17.6 Å². The minimum Gasteiger partial charge on any atom is -0.347 e. The van der Waals surface area contributed by atoms with Crippen LogP contribution in [0.25, 0.3) is 10.9 Å². The third-order valence-electron chi connectivity index (χ3n) is 3.89. The van der Waals surface area contributed by atoms with Gasteiger partial charge < -0.3 is 9.88 Å². The van der Waals surface area contributed by atoms with Crippen LogP contribution in [0.1, 0.15) is 30.1 Å². The first kappa shape index (κ1) is 12.5. The molecule has 1 fully saturated rings. The highest BCUT2D eigenvalue weighted by Gasteiger charge is 2.25. The Hall–Kier alpha value is -1.55. The molecule has 4 heteroatoms. The molecule has 3 rings (SSSR count). The zero-order chi connectivity index (χ0) is 13.4. The van der Waals surface area contributed by atoms with Crippen molar-refractivity contribution in [2.24, 2.45) is 0 Å². The normalized spacial score (nSPS) is 19.1. The number of fused-ring (bicyclic) bond motifs is 1. The van der Waals surface area contributed by atoms with Crippen molar-refractivity contribution in [2.45, 2.75) is 32.4 Å². The zero-order valence-corrected chi connectivity index (χ0v) is 11.1. The van der Waals surface area contributed by atoms with Gasteiger partial charge in [0.25, 0.3) is 0 Å². The molecule has 1 N–H and O–H groups in total. The van der Waals surface area contributed by atoms with Gasteiger partial charge in [-0.2, -0.15) is 0 Å². The van der Waals surface area contributed by atoms with Crippen LogP contribution in [-0.4, -0.2) is 30.8 Å². The van der Waals surface area contributed by atoms with Crippen molar-refractivity contribution >= 4 is 30.0 Å². The summed E-state index contributed by atoms with van der Waals surface area (Å²) in [7, 11) is 5.86. The van der Waals surface area contributed by atoms with Gasteiger partial charge in [0.1, 0.15) is 7.85 Å². The lowest BCUT2D eigenvalue weighted by Gasteiger charge is -2.07. The van der Waals surface area contributed by atoms with Crippen molar-refractivity contribution in [1.29, 1.82) is 0 Å². The molecule has 1 saturated heterocycles. The van der Waals surface area contributed by atoms with Gasteiger partial charge in [0, 0.05) is 29.2 Å². The lowest BCUT2D eigenvalue weighted by molar-refractivity contribution is 0.0954. The summed E-state index contributed by atoms with van der Waals surface area (Å²) in [6, 6.07) is 5.75. The van der Waals surface area contributed by atoms with Gasteiger partial charge in [-0.25, -0.2) is 0 Å². The van der Waals surface area contributed by atoms with Gasteiger partial charge in [-0.05, 0) is 32.4 Å². The van der Waals surface area contributed by atoms with Gasteiger partial charge >= 0.3 is 0 Å². The van der Waals surface area contributed by atoms with E-state index in [0.717, 1.165) is 42.4 Å². The molecule has 1 aromatic heterocycles. The minimum atomic E-state index is -0.0302. The number of hydrogen-bond donors (Lipinski definition) is 1. The van der Waals surface area contributed by atoms with E-state index in [2.05, 4.69) is 16.8 Å². The van der Waals surface area contributed by atoms with E-state index in [1.54, 1.807) is 0 Å². The second kappa shape index (κ2) is 4.85. The van der Waals surface area contributed by atoms with Crippen LogP contribution in [-0.2, 0) is 6.54 Å². The third kappa shape index (κ3) is 2.10. The number of carbonyl (C=O) groups is 1. The molecule has 2 aromatic rings. The number of nitrogens with one attached hydrogen (secondary N) is 1. The fourth-order valence-corrected chi connectivity index (χ4v) is 2.87. The predicted molar refractivity (Wildman–Crippen MR) is 78.4 cm³/mol. The van der Waals surface area contributed by atoms with E-state index < -0.39 is 0 Å². The largest absolute Gasteiger partial charge is 0.347 e. The molecule has 0 aliphatic carbocycles. The highest BCUT2D eigenvalue weighted by molar-refractivity contribution is 6.33. The van der Waals surface area contributed by atoms with Gasteiger partial charge in [0.05, 0.1) is 6.04 Å². The smallest absolute Gasteiger partial charge is 0.181 e. The third-order valence-corrected chi connectivity index (χ3v) is 3.89. The molecule has 1 atom stereocenters. The van der Waals surface area contributed by atoms with Crippen LogP contribution in [0.2, 0.25) is 0 Å². The number of hydrogen-bond acceptors (Lipinski definition) is 2. The molecule has 19 heavy (non-hydrogen) atoms.